The van der Waals surface area contributed by atoms with Gasteiger partial charge in [0.05, 0.1) is 10.5 Å². The first-order valence-electron chi connectivity index (χ1n) is 10.7. The van der Waals surface area contributed by atoms with Crippen LogP contribution in [-0.2, 0) is 11.3 Å². The molecule has 0 bridgehead atoms. The van der Waals surface area contributed by atoms with Crippen LogP contribution in [0.15, 0.2) is 52.7 Å². The Hall–Kier alpha value is -2.84. The van der Waals surface area contributed by atoms with Crippen LogP contribution in [0.2, 0.25) is 5.02 Å². The molecule has 2 aliphatic heterocycles. The lowest BCUT2D eigenvalue weighted by atomic mass is 10.0. The maximum Gasteiger partial charge on any atom is 0.350 e. The molecule has 33 heavy (non-hydrogen) atoms. The molecule has 3 heterocycles. The molecule has 0 N–H and O–H groups in total. The second-order valence-electron chi connectivity index (χ2n) is 8.19. The van der Waals surface area contributed by atoms with Gasteiger partial charge >= 0.3 is 5.69 Å². The Labute approximate surface area is 199 Å². The van der Waals surface area contributed by atoms with Gasteiger partial charge in [0, 0.05) is 59.4 Å². The van der Waals surface area contributed by atoms with Crippen LogP contribution in [0.5, 0.6) is 0 Å². The van der Waals surface area contributed by atoms with Gasteiger partial charge in [-0.1, -0.05) is 36.4 Å². The minimum atomic E-state index is -0.360. The number of piperazine rings is 1. The molecule has 0 spiro atoms. The molecule has 170 valence electrons. The van der Waals surface area contributed by atoms with Gasteiger partial charge in [0.25, 0.3) is 0 Å². The standard InChI is InChI=1S/C24H22ClFN4O2S/c1-3-19(31)28-8-9-29(14(2)13-28)23-16-12-17(25)20(15-6-4-5-7-18(15)26)22-21(16)30(10-11-33-22)24(32)27-23/h3-7,12,14H,1,8-11,13H2,2H3/t14-/m0/s1. The van der Waals surface area contributed by atoms with E-state index in [9.17, 15) is 14.0 Å². The van der Waals surface area contributed by atoms with E-state index in [1.807, 2.05) is 6.92 Å². The number of amides is 1. The smallest absolute Gasteiger partial charge is 0.350 e. The third-order valence-electron chi connectivity index (χ3n) is 6.24. The van der Waals surface area contributed by atoms with Gasteiger partial charge in [0.2, 0.25) is 5.91 Å². The van der Waals surface area contributed by atoms with Gasteiger partial charge in [-0.15, -0.1) is 11.8 Å². The first-order chi connectivity index (χ1) is 15.9. The Morgan fingerprint density at radius 2 is 2.09 bits per heavy atom. The van der Waals surface area contributed by atoms with Gasteiger partial charge in [-0.2, -0.15) is 4.98 Å². The zero-order valence-corrected chi connectivity index (χ0v) is 19.6. The predicted octanol–water partition coefficient (Wildman–Crippen LogP) is 4.18. The number of aryl methyl sites for hydroxylation is 1. The molecular weight excluding hydrogens is 463 g/mol. The van der Waals surface area contributed by atoms with Crippen molar-refractivity contribution in [2.75, 3.05) is 30.3 Å². The minimum absolute atomic E-state index is 0.0577. The molecule has 0 unspecified atom stereocenters. The number of hydrogen-bond acceptors (Lipinski definition) is 5. The fraction of sp³-hybridized carbons (Fsp3) is 0.292. The molecule has 1 atom stereocenters. The van der Waals surface area contributed by atoms with Gasteiger partial charge in [0.1, 0.15) is 11.6 Å². The van der Waals surface area contributed by atoms with Crippen molar-refractivity contribution < 1.29 is 9.18 Å². The summed E-state index contributed by atoms with van der Waals surface area (Å²) in [6, 6.07) is 8.26. The Kier molecular flexibility index (Phi) is 5.66. The summed E-state index contributed by atoms with van der Waals surface area (Å²) in [6.45, 7) is 7.63. The van der Waals surface area contributed by atoms with Crippen molar-refractivity contribution in [2.24, 2.45) is 0 Å². The van der Waals surface area contributed by atoms with E-state index in [-0.39, 0.29) is 23.5 Å². The number of halogens is 2. The second kappa shape index (κ2) is 8.50. The highest BCUT2D eigenvalue weighted by Crippen LogP contribution is 2.46. The third kappa shape index (κ3) is 3.61. The maximum atomic E-state index is 14.7. The van der Waals surface area contributed by atoms with E-state index in [2.05, 4.69) is 16.5 Å². The molecule has 5 rings (SSSR count). The van der Waals surface area contributed by atoms with Crippen molar-refractivity contribution in [3.05, 3.63) is 64.3 Å². The monoisotopic (exact) mass is 484 g/mol. The van der Waals surface area contributed by atoms with Crippen molar-refractivity contribution in [3.8, 4) is 11.1 Å². The fourth-order valence-electron chi connectivity index (χ4n) is 4.68. The summed E-state index contributed by atoms with van der Waals surface area (Å²) in [6.07, 6.45) is 1.32. The van der Waals surface area contributed by atoms with Crippen molar-refractivity contribution >= 4 is 46.0 Å². The molecule has 2 aromatic carbocycles. The Morgan fingerprint density at radius 1 is 1.30 bits per heavy atom. The molecule has 1 aromatic heterocycles. The van der Waals surface area contributed by atoms with Crippen LogP contribution in [0, 0.1) is 5.82 Å². The number of anilines is 1. The van der Waals surface area contributed by atoms with E-state index < -0.39 is 0 Å². The normalized spacial score (nSPS) is 18.0. The van der Waals surface area contributed by atoms with Gasteiger partial charge in [-0.05, 0) is 25.1 Å². The van der Waals surface area contributed by atoms with Crippen LogP contribution in [-0.4, -0.2) is 51.8 Å². The van der Waals surface area contributed by atoms with Crippen LogP contribution in [0.4, 0.5) is 10.2 Å². The van der Waals surface area contributed by atoms with Gasteiger partial charge in [-0.3, -0.25) is 9.36 Å². The SMILES string of the molecule is C=CC(=O)N1CCN(c2nc(=O)n3c4c(c(-c5ccccc5F)c(Cl)cc24)SCC3)[C@@H](C)C1. The molecular formula is C24H22ClFN4O2S. The lowest BCUT2D eigenvalue weighted by molar-refractivity contribution is -0.126. The zero-order chi connectivity index (χ0) is 23.3. The van der Waals surface area contributed by atoms with Crippen molar-refractivity contribution in [1.29, 1.82) is 0 Å². The lowest BCUT2D eigenvalue weighted by Crippen LogP contribution is -2.54. The molecule has 1 saturated heterocycles. The fourth-order valence-corrected chi connectivity index (χ4v) is 6.24. The molecule has 1 fully saturated rings. The summed E-state index contributed by atoms with van der Waals surface area (Å²) < 4.78 is 16.4. The van der Waals surface area contributed by atoms with Gasteiger partial charge in [0.15, 0.2) is 0 Å². The summed E-state index contributed by atoms with van der Waals surface area (Å²) >= 11 is 8.34. The van der Waals surface area contributed by atoms with E-state index >= 15 is 0 Å². The number of carbonyl (C=O) groups is 1. The summed E-state index contributed by atoms with van der Waals surface area (Å²) in [7, 11) is 0. The van der Waals surface area contributed by atoms with Crippen molar-refractivity contribution in [2.45, 2.75) is 24.4 Å². The quantitative estimate of drug-likeness (QED) is 0.522. The van der Waals surface area contributed by atoms with Crippen LogP contribution >= 0.6 is 23.4 Å². The van der Waals surface area contributed by atoms with E-state index in [0.29, 0.717) is 53.9 Å². The largest absolute Gasteiger partial charge is 0.350 e. The second-order valence-corrected chi connectivity index (χ2v) is 9.70. The number of aromatic nitrogens is 2. The van der Waals surface area contributed by atoms with E-state index in [0.717, 1.165) is 15.8 Å². The van der Waals surface area contributed by atoms with E-state index in [1.165, 1.54) is 12.1 Å². The number of thioether (sulfide) groups is 1. The molecule has 1 amide bonds. The van der Waals surface area contributed by atoms with Crippen molar-refractivity contribution in [1.82, 2.24) is 14.5 Å². The molecule has 0 aliphatic carbocycles. The molecule has 6 nitrogen and oxygen atoms in total. The Morgan fingerprint density at radius 3 is 2.82 bits per heavy atom. The average Bonchev–Trinajstić information content (AvgIpc) is 2.81. The van der Waals surface area contributed by atoms with Gasteiger partial charge < -0.3 is 9.80 Å². The number of benzene rings is 2. The first-order valence-corrected chi connectivity index (χ1v) is 12.1. The van der Waals surface area contributed by atoms with Crippen molar-refractivity contribution in [3.63, 3.8) is 0 Å². The lowest BCUT2D eigenvalue weighted by Gasteiger charge is -2.40. The average molecular weight is 485 g/mol. The Balaban J connectivity index is 1.71. The minimum Gasteiger partial charge on any atom is -0.350 e. The van der Waals surface area contributed by atoms with E-state index in [4.69, 9.17) is 11.6 Å². The van der Waals surface area contributed by atoms with Crippen LogP contribution in [0.25, 0.3) is 22.0 Å². The number of nitrogens with zero attached hydrogens (tertiary/aromatic N) is 4. The highest BCUT2D eigenvalue weighted by atomic mass is 35.5. The highest BCUT2D eigenvalue weighted by molar-refractivity contribution is 7.99. The molecule has 2 aliphatic rings. The number of rotatable bonds is 3. The molecule has 0 saturated carbocycles. The summed E-state index contributed by atoms with van der Waals surface area (Å²) in [4.78, 5) is 34.2. The molecule has 9 heteroatoms. The highest BCUT2D eigenvalue weighted by Gasteiger charge is 2.31. The number of hydrogen-bond donors (Lipinski definition) is 0. The van der Waals surface area contributed by atoms with Crippen LogP contribution in [0.3, 0.4) is 0 Å². The van der Waals surface area contributed by atoms with E-state index in [1.54, 1.807) is 45.5 Å². The van der Waals surface area contributed by atoms with Crippen LogP contribution in [0.1, 0.15) is 6.92 Å². The van der Waals surface area contributed by atoms with Gasteiger partial charge in [-0.25, -0.2) is 9.18 Å². The Bertz CT molecular complexity index is 1360. The molecule has 0 radical (unpaired) electrons. The van der Waals surface area contributed by atoms with Crippen LogP contribution < -0.4 is 10.6 Å². The zero-order valence-electron chi connectivity index (χ0n) is 18.1. The first kappa shape index (κ1) is 22.0. The third-order valence-corrected chi connectivity index (χ3v) is 7.61. The summed E-state index contributed by atoms with van der Waals surface area (Å²) in [5, 5.41) is 1.18. The summed E-state index contributed by atoms with van der Waals surface area (Å²) in [5.41, 5.74) is 1.42. The summed E-state index contributed by atoms with van der Waals surface area (Å²) in [5.74, 6) is 0.750. The predicted molar refractivity (Wildman–Crippen MR) is 131 cm³/mol. The molecule has 3 aromatic rings. The maximum absolute atomic E-state index is 14.7. The number of carbonyl (C=O) groups excluding carboxylic acids is 1. The topological polar surface area (TPSA) is 58.4 Å².